The number of hydrogen-bond acceptors (Lipinski definition) is 4. The van der Waals surface area contributed by atoms with E-state index in [2.05, 4.69) is 17.2 Å². The molecule has 94 valence electrons. The molecule has 2 unspecified atom stereocenters. The molecule has 0 spiro atoms. The van der Waals surface area contributed by atoms with Gasteiger partial charge in [-0.25, -0.2) is 4.98 Å². The molecule has 0 aromatic carbocycles. The summed E-state index contributed by atoms with van der Waals surface area (Å²) in [5.74, 6) is 1.65. The Morgan fingerprint density at radius 1 is 1.53 bits per heavy atom. The molecule has 1 aliphatic carbocycles. The van der Waals surface area contributed by atoms with Gasteiger partial charge in [0, 0.05) is 18.3 Å². The summed E-state index contributed by atoms with van der Waals surface area (Å²) in [6.07, 6.45) is 6.18. The zero-order valence-corrected chi connectivity index (χ0v) is 10.4. The average molecular weight is 235 g/mol. The quantitative estimate of drug-likeness (QED) is 0.821. The lowest BCUT2D eigenvalue weighted by Crippen LogP contribution is -2.35. The SMILES string of the molecule is CCCOc1cccnc1NC1CCCC1N. The van der Waals surface area contributed by atoms with Crippen molar-refractivity contribution in [1.29, 1.82) is 0 Å². The Kier molecular flexibility index (Phi) is 4.20. The summed E-state index contributed by atoms with van der Waals surface area (Å²) in [7, 11) is 0. The molecule has 1 saturated carbocycles. The third-order valence-corrected chi connectivity index (χ3v) is 3.12. The number of rotatable bonds is 5. The van der Waals surface area contributed by atoms with Gasteiger partial charge in [0.1, 0.15) is 0 Å². The van der Waals surface area contributed by atoms with Crippen molar-refractivity contribution in [3.05, 3.63) is 18.3 Å². The summed E-state index contributed by atoms with van der Waals surface area (Å²) in [4.78, 5) is 4.34. The van der Waals surface area contributed by atoms with Gasteiger partial charge in [0.15, 0.2) is 11.6 Å². The molecule has 0 aliphatic heterocycles. The van der Waals surface area contributed by atoms with Gasteiger partial charge >= 0.3 is 0 Å². The normalized spacial score (nSPS) is 23.6. The van der Waals surface area contributed by atoms with Crippen molar-refractivity contribution in [3.63, 3.8) is 0 Å². The first-order valence-electron chi connectivity index (χ1n) is 6.41. The van der Waals surface area contributed by atoms with Crippen molar-refractivity contribution in [1.82, 2.24) is 4.98 Å². The Morgan fingerprint density at radius 3 is 3.12 bits per heavy atom. The maximum atomic E-state index is 6.05. The van der Waals surface area contributed by atoms with Crippen LogP contribution in [0.1, 0.15) is 32.6 Å². The fourth-order valence-corrected chi connectivity index (χ4v) is 2.17. The van der Waals surface area contributed by atoms with E-state index in [0.29, 0.717) is 6.04 Å². The Morgan fingerprint density at radius 2 is 2.41 bits per heavy atom. The standard InChI is InChI=1S/C13H21N3O/c1-2-9-17-12-7-4-8-15-13(12)16-11-6-3-5-10(11)14/h4,7-8,10-11H,2-3,5-6,9,14H2,1H3,(H,15,16). The lowest BCUT2D eigenvalue weighted by Gasteiger charge is -2.19. The largest absolute Gasteiger partial charge is 0.490 e. The summed E-state index contributed by atoms with van der Waals surface area (Å²) in [6.45, 7) is 2.81. The van der Waals surface area contributed by atoms with Gasteiger partial charge in [-0.15, -0.1) is 0 Å². The minimum absolute atomic E-state index is 0.232. The molecule has 1 aromatic heterocycles. The van der Waals surface area contributed by atoms with E-state index in [1.807, 2.05) is 12.1 Å². The topological polar surface area (TPSA) is 60.2 Å². The van der Waals surface area contributed by atoms with Crippen LogP contribution in [0.5, 0.6) is 5.75 Å². The molecule has 0 amide bonds. The van der Waals surface area contributed by atoms with E-state index in [9.17, 15) is 0 Å². The summed E-state index contributed by atoms with van der Waals surface area (Å²) < 4.78 is 5.67. The number of nitrogens with one attached hydrogen (secondary N) is 1. The van der Waals surface area contributed by atoms with Crippen LogP contribution in [0.25, 0.3) is 0 Å². The highest BCUT2D eigenvalue weighted by atomic mass is 16.5. The highest BCUT2D eigenvalue weighted by Gasteiger charge is 2.24. The highest BCUT2D eigenvalue weighted by molar-refractivity contribution is 5.50. The Hall–Kier alpha value is -1.29. The van der Waals surface area contributed by atoms with E-state index in [1.165, 1.54) is 6.42 Å². The second-order valence-corrected chi connectivity index (χ2v) is 4.54. The van der Waals surface area contributed by atoms with E-state index in [1.54, 1.807) is 6.20 Å². The van der Waals surface area contributed by atoms with Crippen LogP contribution < -0.4 is 15.8 Å². The first-order valence-corrected chi connectivity index (χ1v) is 6.41. The lowest BCUT2D eigenvalue weighted by molar-refractivity contribution is 0.317. The maximum absolute atomic E-state index is 6.05. The van der Waals surface area contributed by atoms with Gasteiger partial charge in [-0.3, -0.25) is 0 Å². The van der Waals surface area contributed by atoms with Gasteiger partial charge in [-0.1, -0.05) is 6.92 Å². The molecule has 0 radical (unpaired) electrons. The molecular formula is C13H21N3O. The molecule has 0 bridgehead atoms. The first kappa shape index (κ1) is 12.2. The van der Waals surface area contributed by atoms with E-state index >= 15 is 0 Å². The molecule has 4 heteroatoms. The fourth-order valence-electron chi connectivity index (χ4n) is 2.17. The van der Waals surface area contributed by atoms with Crippen LogP contribution in [0.15, 0.2) is 18.3 Å². The number of anilines is 1. The fraction of sp³-hybridized carbons (Fsp3) is 0.615. The summed E-state index contributed by atoms with van der Waals surface area (Å²) in [5, 5.41) is 3.41. The zero-order chi connectivity index (χ0) is 12.1. The Labute approximate surface area is 103 Å². The van der Waals surface area contributed by atoms with Crippen molar-refractivity contribution in [2.45, 2.75) is 44.7 Å². The Balaban J connectivity index is 2.03. The molecule has 1 aliphatic rings. The third-order valence-electron chi connectivity index (χ3n) is 3.12. The molecule has 17 heavy (non-hydrogen) atoms. The van der Waals surface area contributed by atoms with E-state index < -0.39 is 0 Å². The van der Waals surface area contributed by atoms with E-state index in [-0.39, 0.29) is 6.04 Å². The maximum Gasteiger partial charge on any atom is 0.169 e. The van der Waals surface area contributed by atoms with E-state index in [0.717, 1.165) is 37.4 Å². The van der Waals surface area contributed by atoms with E-state index in [4.69, 9.17) is 10.5 Å². The van der Waals surface area contributed by atoms with Crippen molar-refractivity contribution in [2.75, 3.05) is 11.9 Å². The van der Waals surface area contributed by atoms with Crippen LogP contribution in [-0.4, -0.2) is 23.7 Å². The number of hydrogen-bond donors (Lipinski definition) is 2. The Bertz CT molecular complexity index is 356. The van der Waals surface area contributed by atoms with Crippen LogP contribution >= 0.6 is 0 Å². The zero-order valence-electron chi connectivity index (χ0n) is 10.4. The van der Waals surface area contributed by atoms with Crippen molar-refractivity contribution < 1.29 is 4.74 Å². The summed E-state index contributed by atoms with van der Waals surface area (Å²) in [6, 6.07) is 4.40. The van der Waals surface area contributed by atoms with Crippen molar-refractivity contribution in [2.24, 2.45) is 5.73 Å². The molecule has 1 fully saturated rings. The van der Waals surface area contributed by atoms with Gasteiger partial charge in [0.2, 0.25) is 0 Å². The third kappa shape index (κ3) is 3.09. The number of aromatic nitrogens is 1. The van der Waals surface area contributed by atoms with Gasteiger partial charge in [0.25, 0.3) is 0 Å². The molecule has 4 nitrogen and oxygen atoms in total. The summed E-state index contributed by atoms with van der Waals surface area (Å²) >= 11 is 0. The smallest absolute Gasteiger partial charge is 0.169 e. The highest BCUT2D eigenvalue weighted by Crippen LogP contribution is 2.26. The van der Waals surface area contributed by atoms with Gasteiger partial charge in [-0.05, 0) is 37.8 Å². The molecule has 1 heterocycles. The lowest BCUT2D eigenvalue weighted by atomic mass is 10.2. The molecule has 1 aromatic rings. The molecule has 0 saturated heterocycles. The van der Waals surface area contributed by atoms with Gasteiger partial charge < -0.3 is 15.8 Å². The predicted molar refractivity (Wildman–Crippen MR) is 69.3 cm³/mol. The second kappa shape index (κ2) is 5.87. The minimum atomic E-state index is 0.232. The monoisotopic (exact) mass is 235 g/mol. The number of ether oxygens (including phenoxy) is 1. The molecule has 2 atom stereocenters. The van der Waals surface area contributed by atoms with Crippen LogP contribution in [-0.2, 0) is 0 Å². The van der Waals surface area contributed by atoms with Crippen LogP contribution in [0, 0.1) is 0 Å². The van der Waals surface area contributed by atoms with Gasteiger partial charge in [0.05, 0.1) is 6.61 Å². The van der Waals surface area contributed by atoms with Crippen molar-refractivity contribution in [3.8, 4) is 5.75 Å². The first-order chi connectivity index (χ1) is 8.31. The van der Waals surface area contributed by atoms with Gasteiger partial charge in [-0.2, -0.15) is 0 Å². The minimum Gasteiger partial charge on any atom is -0.490 e. The average Bonchev–Trinajstić information content (AvgIpc) is 2.74. The van der Waals surface area contributed by atoms with Crippen molar-refractivity contribution >= 4 is 5.82 Å². The molecule has 2 rings (SSSR count). The molecule has 3 N–H and O–H groups in total. The summed E-state index contributed by atoms with van der Waals surface area (Å²) in [5.41, 5.74) is 6.05. The second-order valence-electron chi connectivity index (χ2n) is 4.54. The van der Waals surface area contributed by atoms with Crippen LogP contribution in [0.3, 0.4) is 0 Å². The number of nitrogens with zero attached hydrogens (tertiary/aromatic N) is 1. The number of nitrogens with two attached hydrogens (primary N) is 1. The number of pyridine rings is 1. The van der Waals surface area contributed by atoms with Crippen LogP contribution in [0.2, 0.25) is 0 Å². The predicted octanol–water partition coefficient (Wildman–Crippen LogP) is 2.16. The molecular weight excluding hydrogens is 214 g/mol. The van der Waals surface area contributed by atoms with Crippen LogP contribution in [0.4, 0.5) is 5.82 Å².